The van der Waals surface area contributed by atoms with E-state index in [1.54, 1.807) is 69.7 Å². The van der Waals surface area contributed by atoms with Crippen LogP contribution in [-0.4, -0.2) is 38.7 Å². The van der Waals surface area contributed by atoms with Gasteiger partial charge in [0.2, 0.25) is 0 Å². The van der Waals surface area contributed by atoms with Crippen molar-refractivity contribution in [1.82, 2.24) is 10.9 Å². The second-order valence-electron chi connectivity index (χ2n) is 5.44. The minimum atomic E-state index is -0.804. The van der Waals surface area contributed by atoms with Crippen LogP contribution >= 0.6 is 0 Å². The monoisotopic (exact) mass is 374 g/mol. The van der Waals surface area contributed by atoms with E-state index < -0.39 is 17.9 Å². The molecule has 2 amide bonds. The molecule has 8 heteroatoms. The highest BCUT2D eigenvalue weighted by Gasteiger charge is 2.15. The predicted molar refractivity (Wildman–Crippen MR) is 97.9 cm³/mol. The summed E-state index contributed by atoms with van der Waals surface area (Å²) >= 11 is 0. The zero-order chi connectivity index (χ0) is 19.6. The molecule has 0 fully saturated rings. The largest absolute Gasteiger partial charge is 0.497 e. The molecule has 27 heavy (non-hydrogen) atoms. The number of amides is 2. The Morgan fingerprint density at radius 3 is 1.81 bits per heavy atom. The first-order valence-corrected chi connectivity index (χ1v) is 8.18. The summed E-state index contributed by atoms with van der Waals surface area (Å²) in [5, 5.41) is 0. The molecule has 144 valence electrons. The van der Waals surface area contributed by atoms with Crippen LogP contribution in [0.25, 0.3) is 0 Å². The zero-order valence-corrected chi connectivity index (χ0v) is 15.4. The second-order valence-corrected chi connectivity index (χ2v) is 5.44. The van der Waals surface area contributed by atoms with Crippen molar-refractivity contribution in [3.05, 3.63) is 48.5 Å². The Morgan fingerprint density at radius 2 is 1.30 bits per heavy atom. The first kappa shape index (κ1) is 19.9. The number of hydrogen-bond acceptors (Lipinski definition) is 6. The summed E-state index contributed by atoms with van der Waals surface area (Å²) in [5.74, 6) is 1.38. The molecule has 0 aliphatic rings. The molecular weight excluding hydrogens is 352 g/mol. The van der Waals surface area contributed by atoms with E-state index >= 15 is 0 Å². The molecule has 0 saturated carbocycles. The molecule has 2 aromatic rings. The average molecular weight is 374 g/mol. The van der Waals surface area contributed by atoms with Gasteiger partial charge in [-0.1, -0.05) is 0 Å². The van der Waals surface area contributed by atoms with Gasteiger partial charge in [-0.2, -0.15) is 0 Å². The summed E-state index contributed by atoms with van der Waals surface area (Å²) < 4.78 is 20.9. The van der Waals surface area contributed by atoms with Crippen LogP contribution in [0.2, 0.25) is 0 Å². The van der Waals surface area contributed by atoms with Crippen LogP contribution in [0.15, 0.2) is 48.5 Å². The summed E-state index contributed by atoms with van der Waals surface area (Å²) in [6.07, 6.45) is -0.804. The third-order valence-electron chi connectivity index (χ3n) is 3.50. The van der Waals surface area contributed by atoms with E-state index in [1.807, 2.05) is 0 Å². The molecule has 2 aromatic carbocycles. The van der Waals surface area contributed by atoms with Gasteiger partial charge in [-0.05, 0) is 55.5 Å². The second kappa shape index (κ2) is 9.91. The number of rotatable bonds is 8. The van der Waals surface area contributed by atoms with Gasteiger partial charge < -0.3 is 18.9 Å². The lowest BCUT2D eigenvalue weighted by molar-refractivity contribution is -0.133. The minimum absolute atomic E-state index is 0.250. The summed E-state index contributed by atoms with van der Waals surface area (Å²) in [6, 6.07) is 13.6. The molecule has 0 bridgehead atoms. The molecule has 0 spiro atoms. The van der Waals surface area contributed by atoms with Crippen molar-refractivity contribution >= 4 is 11.8 Å². The highest BCUT2D eigenvalue weighted by molar-refractivity contribution is 5.85. The van der Waals surface area contributed by atoms with Crippen molar-refractivity contribution in [2.45, 2.75) is 13.0 Å². The number of benzene rings is 2. The van der Waals surface area contributed by atoms with Crippen LogP contribution in [-0.2, 0) is 9.59 Å². The fourth-order valence-electron chi connectivity index (χ4n) is 2.00. The number of nitrogens with one attached hydrogen (secondary N) is 2. The molecular formula is C19H22N2O6. The van der Waals surface area contributed by atoms with Crippen LogP contribution in [0.3, 0.4) is 0 Å². The Bertz CT molecular complexity index is 746. The number of methoxy groups -OCH3 is 2. The highest BCUT2D eigenvalue weighted by atomic mass is 16.5. The summed E-state index contributed by atoms with van der Waals surface area (Å²) in [7, 11) is 3.12. The van der Waals surface area contributed by atoms with Crippen molar-refractivity contribution in [2.75, 3.05) is 20.8 Å². The van der Waals surface area contributed by atoms with Gasteiger partial charge in [0.15, 0.2) is 12.7 Å². The summed E-state index contributed by atoms with van der Waals surface area (Å²) in [6.45, 7) is 1.32. The van der Waals surface area contributed by atoms with Crippen molar-refractivity contribution in [2.24, 2.45) is 0 Å². The lowest BCUT2D eigenvalue weighted by Crippen LogP contribution is -2.48. The lowest BCUT2D eigenvalue weighted by Gasteiger charge is -2.15. The van der Waals surface area contributed by atoms with E-state index in [-0.39, 0.29) is 6.61 Å². The highest BCUT2D eigenvalue weighted by Crippen LogP contribution is 2.18. The number of carbonyl (C=O) groups is 2. The molecule has 2 rings (SSSR count). The number of carbonyl (C=O) groups excluding carboxylic acids is 2. The van der Waals surface area contributed by atoms with Gasteiger partial charge in [0.1, 0.15) is 23.0 Å². The van der Waals surface area contributed by atoms with Crippen molar-refractivity contribution in [3.63, 3.8) is 0 Å². The maximum Gasteiger partial charge on any atom is 0.279 e. The van der Waals surface area contributed by atoms with Crippen molar-refractivity contribution in [1.29, 1.82) is 0 Å². The van der Waals surface area contributed by atoms with Gasteiger partial charge in [-0.15, -0.1) is 0 Å². The van der Waals surface area contributed by atoms with E-state index in [9.17, 15) is 9.59 Å². The van der Waals surface area contributed by atoms with Crippen LogP contribution < -0.4 is 29.8 Å². The molecule has 0 aromatic heterocycles. The number of hydrogen-bond donors (Lipinski definition) is 2. The minimum Gasteiger partial charge on any atom is -0.497 e. The fourth-order valence-corrected chi connectivity index (χ4v) is 2.00. The average Bonchev–Trinajstić information content (AvgIpc) is 2.71. The van der Waals surface area contributed by atoms with Gasteiger partial charge in [0.05, 0.1) is 14.2 Å². The topological polar surface area (TPSA) is 95.1 Å². The molecule has 0 radical (unpaired) electrons. The zero-order valence-electron chi connectivity index (χ0n) is 15.4. The smallest absolute Gasteiger partial charge is 0.279 e. The molecule has 1 unspecified atom stereocenters. The van der Waals surface area contributed by atoms with Crippen LogP contribution in [0, 0.1) is 0 Å². The number of ether oxygens (including phenoxy) is 4. The standard InChI is InChI=1S/C19H22N2O6/c1-13(27-17-10-6-15(25-3)7-11-17)19(23)21-20-18(22)12-26-16-8-4-14(24-2)5-9-16/h4-11,13H,12H2,1-3H3,(H,20,22)(H,21,23). The third-order valence-corrected chi connectivity index (χ3v) is 3.50. The lowest BCUT2D eigenvalue weighted by atomic mass is 10.3. The molecule has 0 saturated heterocycles. The Labute approximate surface area is 157 Å². The molecule has 0 heterocycles. The van der Waals surface area contributed by atoms with E-state index in [0.717, 1.165) is 0 Å². The Balaban J connectivity index is 1.71. The maximum atomic E-state index is 12.0. The van der Waals surface area contributed by atoms with Gasteiger partial charge in [0, 0.05) is 0 Å². The third kappa shape index (κ3) is 6.43. The van der Waals surface area contributed by atoms with Crippen molar-refractivity contribution < 1.29 is 28.5 Å². The number of hydrazine groups is 1. The van der Waals surface area contributed by atoms with Gasteiger partial charge >= 0.3 is 0 Å². The Hall–Kier alpha value is -3.42. The van der Waals surface area contributed by atoms with E-state index in [2.05, 4.69) is 10.9 Å². The summed E-state index contributed by atoms with van der Waals surface area (Å²) in [4.78, 5) is 23.8. The van der Waals surface area contributed by atoms with Gasteiger partial charge in [0.25, 0.3) is 11.8 Å². The van der Waals surface area contributed by atoms with Gasteiger partial charge in [-0.3, -0.25) is 20.4 Å². The quantitative estimate of drug-likeness (QED) is 0.683. The normalized spacial score (nSPS) is 11.1. The SMILES string of the molecule is COc1ccc(OCC(=O)NNC(=O)C(C)Oc2ccc(OC)cc2)cc1. The van der Waals surface area contributed by atoms with E-state index in [1.165, 1.54) is 0 Å². The Kier molecular flexibility index (Phi) is 7.30. The van der Waals surface area contributed by atoms with E-state index in [0.29, 0.717) is 23.0 Å². The van der Waals surface area contributed by atoms with Crippen LogP contribution in [0.1, 0.15) is 6.92 Å². The molecule has 0 aliphatic heterocycles. The predicted octanol–water partition coefficient (Wildman–Crippen LogP) is 1.70. The summed E-state index contributed by atoms with van der Waals surface area (Å²) in [5.41, 5.74) is 4.56. The maximum absolute atomic E-state index is 12.0. The van der Waals surface area contributed by atoms with Crippen molar-refractivity contribution in [3.8, 4) is 23.0 Å². The Morgan fingerprint density at radius 1 is 0.815 bits per heavy atom. The first-order chi connectivity index (χ1) is 13.0. The fraction of sp³-hybridized carbons (Fsp3) is 0.263. The van der Waals surface area contributed by atoms with Crippen LogP contribution in [0.5, 0.6) is 23.0 Å². The van der Waals surface area contributed by atoms with E-state index in [4.69, 9.17) is 18.9 Å². The molecule has 1 atom stereocenters. The first-order valence-electron chi connectivity index (χ1n) is 8.18. The van der Waals surface area contributed by atoms with Crippen LogP contribution in [0.4, 0.5) is 0 Å². The molecule has 2 N–H and O–H groups in total. The van der Waals surface area contributed by atoms with Gasteiger partial charge in [-0.25, -0.2) is 0 Å². The molecule has 8 nitrogen and oxygen atoms in total. The molecule has 0 aliphatic carbocycles.